The number of fused-ring (bicyclic) bond motifs is 1. The summed E-state index contributed by atoms with van der Waals surface area (Å²) in [6.45, 7) is 3.84. The zero-order chi connectivity index (χ0) is 13.4. The van der Waals surface area contributed by atoms with Gasteiger partial charge in [0.2, 0.25) is 0 Å². The summed E-state index contributed by atoms with van der Waals surface area (Å²) >= 11 is 0. The molecule has 0 radical (unpaired) electrons. The van der Waals surface area contributed by atoms with E-state index in [2.05, 4.69) is 17.1 Å². The van der Waals surface area contributed by atoms with Gasteiger partial charge >= 0.3 is 0 Å². The van der Waals surface area contributed by atoms with E-state index < -0.39 is 0 Å². The molecule has 0 unspecified atom stereocenters. The predicted octanol–water partition coefficient (Wildman–Crippen LogP) is 4.22. The largest absolute Gasteiger partial charge is 0.505 e. The summed E-state index contributed by atoms with van der Waals surface area (Å²) in [6, 6.07) is 16.2. The van der Waals surface area contributed by atoms with E-state index in [1.165, 1.54) is 0 Å². The minimum absolute atomic E-state index is 0.276. The van der Waals surface area contributed by atoms with Gasteiger partial charge in [-0.25, -0.2) is 4.98 Å². The summed E-state index contributed by atoms with van der Waals surface area (Å²) < 4.78 is 0. The molecule has 1 aromatic heterocycles. The first-order valence-electron chi connectivity index (χ1n) is 6.32. The molecular formula is C17H15NO. The second-order valence-corrected chi connectivity index (χ2v) is 4.80. The van der Waals surface area contributed by atoms with Crippen LogP contribution in [-0.4, -0.2) is 10.1 Å². The number of phenolic OH excluding ortho intramolecular Hbond substituents is 1. The Kier molecular flexibility index (Phi) is 2.71. The van der Waals surface area contributed by atoms with Gasteiger partial charge in [0.1, 0.15) is 11.3 Å². The van der Waals surface area contributed by atoms with Crippen molar-refractivity contribution in [2.24, 2.45) is 0 Å². The Labute approximate surface area is 112 Å². The molecule has 3 rings (SSSR count). The Bertz CT molecular complexity index is 748. The molecule has 0 aliphatic rings. The third kappa shape index (κ3) is 1.95. The van der Waals surface area contributed by atoms with Crippen LogP contribution in [0.4, 0.5) is 0 Å². The molecule has 2 heteroatoms. The predicted molar refractivity (Wildman–Crippen MR) is 78.3 cm³/mol. The van der Waals surface area contributed by atoms with E-state index in [0.717, 1.165) is 27.8 Å². The molecule has 0 bridgehead atoms. The number of phenols is 1. The van der Waals surface area contributed by atoms with Crippen LogP contribution in [0.2, 0.25) is 0 Å². The van der Waals surface area contributed by atoms with Gasteiger partial charge in [0.25, 0.3) is 0 Å². The van der Waals surface area contributed by atoms with Crippen molar-refractivity contribution in [3.63, 3.8) is 0 Å². The molecule has 3 aromatic rings. The van der Waals surface area contributed by atoms with Crippen LogP contribution >= 0.6 is 0 Å². The minimum Gasteiger partial charge on any atom is -0.505 e. The number of pyridine rings is 1. The molecule has 0 amide bonds. The van der Waals surface area contributed by atoms with Gasteiger partial charge in [-0.2, -0.15) is 0 Å². The number of nitrogens with zero attached hydrogens (tertiary/aromatic N) is 1. The lowest BCUT2D eigenvalue weighted by molar-refractivity contribution is 0.476. The van der Waals surface area contributed by atoms with Gasteiger partial charge in [-0.15, -0.1) is 0 Å². The van der Waals surface area contributed by atoms with Crippen LogP contribution in [-0.2, 0) is 0 Å². The van der Waals surface area contributed by atoms with Crippen LogP contribution in [0.5, 0.6) is 5.75 Å². The Balaban J connectivity index is 2.40. The average molecular weight is 249 g/mol. The highest BCUT2D eigenvalue weighted by atomic mass is 16.3. The lowest BCUT2D eigenvalue weighted by atomic mass is 9.97. The van der Waals surface area contributed by atoms with Gasteiger partial charge in [0.15, 0.2) is 0 Å². The fourth-order valence-electron chi connectivity index (χ4n) is 2.36. The average Bonchev–Trinajstić information content (AvgIpc) is 2.44. The van der Waals surface area contributed by atoms with E-state index in [0.29, 0.717) is 5.52 Å². The second-order valence-electron chi connectivity index (χ2n) is 4.80. The third-order valence-electron chi connectivity index (χ3n) is 3.37. The zero-order valence-corrected chi connectivity index (χ0v) is 11.0. The monoisotopic (exact) mass is 249 g/mol. The van der Waals surface area contributed by atoms with Gasteiger partial charge < -0.3 is 5.11 Å². The van der Waals surface area contributed by atoms with Gasteiger partial charge in [-0.1, -0.05) is 36.4 Å². The van der Waals surface area contributed by atoms with Gasteiger partial charge in [-0.05, 0) is 42.7 Å². The van der Waals surface area contributed by atoms with Crippen molar-refractivity contribution in [1.82, 2.24) is 4.98 Å². The first-order chi connectivity index (χ1) is 9.16. The Morgan fingerprint density at radius 2 is 1.68 bits per heavy atom. The molecule has 0 fully saturated rings. The highest BCUT2D eigenvalue weighted by Crippen LogP contribution is 2.35. The fraction of sp³-hybridized carbons (Fsp3) is 0.118. The van der Waals surface area contributed by atoms with E-state index in [4.69, 9.17) is 0 Å². The van der Waals surface area contributed by atoms with E-state index in [1.54, 1.807) is 0 Å². The summed E-state index contributed by atoms with van der Waals surface area (Å²) in [5, 5.41) is 11.2. The highest BCUT2D eigenvalue weighted by Gasteiger charge is 2.11. The van der Waals surface area contributed by atoms with E-state index in [-0.39, 0.29) is 5.75 Å². The van der Waals surface area contributed by atoms with Crippen molar-refractivity contribution in [1.29, 1.82) is 0 Å². The van der Waals surface area contributed by atoms with Gasteiger partial charge in [-0.3, -0.25) is 0 Å². The molecule has 0 aliphatic carbocycles. The van der Waals surface area contributed by atoms with Crippen molar-refractivity contribution < 1.29 is 5.11 Å². The number of rotatable bonds is 1. The molecular weight excluding hydrogens is 234 g/mol. The van der Waals surface area contributed by atoms with Crippen LogP contribution in [0, 0.1) is 13.8 Å². The molecule has 0 aliphatic heterocycles. The maximum atomic E-state index is 10.2. The quantitative estimate of drug-likeness (QED) is 0.700. The summed E-state index contributed by atoms with van der Waals surface area (Å²) in [4.78, 5) is 4.47. The van der Waals surface area contributed by atoms with Crippen molar-refractivity contribution >= 4 is 10.9 Å². The molecule has 0 atom stereocenters. The molecule has 0 saturated heterocycles. The van der Waals surface area contributed by atoms with Crippen molar-refractivity contribution in [2.75, 3.05) is 0 Å². The Morgan fingerprint density at radius 1 is 0.947 bits per heavy atom. The number of hydrogen-bond donors (Lipinski definition) is 1. The minimum atomic E-state index is 0.276. The van der Waals surface area contributed by atoms with E-state index >= 15 is 0 Å². The fourth-order valence-corrected chi connectivity index (χ4v) is 2.36. The normalized spacial score (nSPS) is 10.8. The van der Waals surface area contributed by atoms with Crippen molar-refractivity contribution in [3.05, 3.63) is 59.8 Å². The van der Waals surface area contributed by atoms with Crippen molar-refractivity contribution in [3.8, 4) is 16.9 Å². The molecule has 0 spiro atoms. The maximum absolute atomic E-state index is 10.2. The maximum Gasteiger partial charge on any atom is 0.144 e. The summed E-state index contributed by atoms with van der Waals surface area (Å²) in [5.74, 6) is 0.276. The number of aryl methyl sites for hydroxylation is 2. The van der Waals surface area contributed by atoms with Crippen LogP contribution in [0.1, 0.15) is 11.3 Å². The van der Waals surface area contributed by atoms with Gasteiger partial charge in [0.05, 0.1) is 0 Å². The smallest absolute Gasteiger partial charge is 0.144 e. The first-order valence-corrected chi connectivity index (χ1v) is 6.32. The standard InChI is InChI=1S/C17H15NO/c1-11-10-15(13-6-4-3-5-7-13)14-9-8-12(2)18-16(14)17(11)19/h3-10,19H,1-2H3. The molecule has 2 aromatic carbocycles. The highest BCUT2D eigenvalue weighted by molar-refractivity contribution is 5.98. The Morgan fingerprint density at radius 3 is 2.42 bits per heavy atom. The van der Waals surface area contributed by atoms with Crippen LogP contribution in [0.25, 0.3) is 22.0 Å². The number of aromatic hydroxyl groups is 1. The lowest BCUT2D eigenvalue weighted by Crippen LogP contribution is -1.90. The first kappa shape index (κ1) is 11.7. The van der Waals surface area contributed by atoms with Crippen molar-refractivity contribution in [2.45, 2.75) is 13.8 Å². The number of benzene rings is 2. The molecule has 1 N–H and O–H groups in total. The lowest BCUT2D eigenvalue weighted by Gasteiger charge is -2.11. The van der Waals surface area contributed by atoms with Crippen LogP contribution < -0.4 is 0 Å². The Hall–Kier alpha value is -2.35. The molecule has 2 nitrogen and oxygen atoms in total. The third-order valence-corrected chi connectivity index (χ3v) is 3.37. The van der Waals surface area contributed by atoms with Crippen LogP contribution in [0.15, 0.2) is 48.5 Å². The second kappa shape index (κ2) is 4.39. The number of aromatic nitrogens is 1. The molecule has 94 valence electrons. The number of hydrogen-bond acceptors (Lipinski definition) is 2. The van der Waals surface area contributed by atoms with Crippen LogP contribution in [0.3, 0.4) is 0 Å². The summed E-state index contributed by atoms with van der Waals surface area (Å²) in [6.07, 6.45) is 0. The van der Waals surface area contributed by atoms with E-state index in [1.807, 2.05) is 50.2 Å². The molecule has 19 heavy (non-hydrogen) atoms. The van der Waals surface area contributed by atoms with E-state index in [9.17, 15) is 5.11 Å². The molecule has 0 saturated carbocycles. The topological polar surface area (TPSA) is 33.1 Å². The van der Waals surface area contributed by atoms with Gasteiger partial charge in [0, 0.05) is 11.1 Å². The SMILES string of the molecule is Cc1ccc2c(-c3ccccc3)cc(C)c(O)c2n1. The summed E-state index contributed by atoms with van der Waals surface area (Å²) in [7, 11) is 0. The molecule has 1 heterocycles. The summed E-state index contributed by atoms with van der Waals surface area (Å²) in [5.41, 5.74) is 4.69. The zero-order valence-electron chi connectivity index (χ0n) is 11.0.